The summed E-state index contributed by atoms with van der Waals surface area (Å²) in [6.45, 7) is 10.0. The number of nitrogens with zero attached hydrogens (tertiary/aromatic N) is 3. The van der Waals surface area contributed by atoms with Gasteiger partial charge >= 0.3 is 6.03 Å². The molecule has 1 N–H and O–H groups in total. The Hall–Kier alpha value is -0.790. The van der Waals surface area contributed by atoms with Gasteiger partial charge in [-0.2, -0.15) is 0 Å². The fourth-order valence-corrected chi connectivity index (χ4v) is 6.80. The van der Waals surface area contributed by atoms with Gasteiger partial charge in [-0.15, -0.1) is 11.8 Å². The molecule has 2 aliphatic rings. The third-order valence-corrected chi connectivity index (χ3v) is 8.91. The fourth-order valence-electron chi connectivity index (χ4n) is 4.86. The van der Waals surface area contributed by atoms with E-state index in [1.54, 1.807) is 11.3 Å². The van der Waals surface area contributed by atoms with Crippen LogP contribution in [-0.2, 0) is 0 Å². The molecule has 2 fully saturated rings. The standard InChI is InChI=1S/C23H40N4OS2/c1-4-26(5-2)15-16-29-21-17-24-22(30-21)25-23(28)27(19-9-7-6-8-10-19)20-13-11-18(3)12-14-20/h17-20H,4-16H2,1-3H3,(H,24,25,28). The number of carbonyl (C=O) groups excluding carboxylic acids is 1. The Morgan fingerprint density at radius 3 is 2.43 bits per heavy atom. The van der Waals surface area contributed by atoms with Gasteiger partial charge in [-0.1, -0.05) is 51.4 Å². The average Bonchev–Trinajstić information content (AvgIpc) is 3.20. The second kappa shape index (κ2) is 12.3. The summed E-state index contributed by atoms with van der Waals surface area (Å²) in [5.41, 5.74) is 0. The lowest BCUT2D eigenvalue weighted by Crippen LogP contribution is -2.51. The molecule has 30 heavy (non-hydrogen) atoms. The Kier molecular flexibility index (Phi) is 9.78. The second-order valence-corrected chi connectivity index (χ2v) is 11.3. The molecule has 0 aliphatic heterocycles. The van der Waals surface area contributed by atoms with Crippen molar-refractivity contribution >= 4 is 34.3 Å². The van der Waals surface area contributed by atoms with E-state index < -0.39 is 0 Å². The Morgan fingerprint density at radius 2 is 1.77 bits per heavy atom. The maximum atomic E-state index is 13.4. The van der Waals surface area contributed by atoms with Gasteiger partial charge in [0.2, 0.25) is 0 Å². The van der Waals surface area contributed by atoms with E-state index in [2.05, 4.69) is 40.9 Å². The van der Waals surface area contributed by atoms with Crippen LogP contribution in [0.15, 0.2) is 10.4 Å². The zero-order valence-electron chi connectivity index (χ0n) is 19.1. The molecule has 0 atom stereocenters. The number of rotatable bonds is 9. The topological polar surface area (TPSA) is 48.5 Å². The lowest BCUT2D eigenvalue weighted by atomic mass is 9.84. The van der Waals surface area contributed by atoms with E-state index in [0.717, 1.165) is 62.1 Å². The molecule has 1 heterocycles. The number of carbonyl (C=O) groups is 1. The van der Waals surface area contributed by atoms with Crippen molar-refractivity contribution < 1.29 is 4.79 Å². The summed E-state index contributed by atoms with van der Waals surface area (Å²) in [6.07, 6.45) is 12.8. The second-order valence-electron chi connectivity index (χ2n) is 8.90. The number of hydrogen-bond acceptors (Lipinski definition) is 5. The van der Waals surface area contributed by atoms with Crippen LogP contribution in [-0.4, -0.2) is 58.3 Å². The SMILES string of the molecule is CCN(CC)CCSc1cnc(NC(=O)N(C2CCCCC2)C2CCC(C)CC2)s1. The van der Waals surface area contributed by atoms with E-state index in [1.807, 2.05) is 18.0 Å². The van der Waals surface area contributed by atoms with E-state index in [9.17, 15) is 4.79 Å². The predicted molar refractivity (Wildman–Crippen MR) is 130 cm³/mol. The van der Waals surface area contributed by atoms with Crippen molar-refractivity contribution in [3.05, 3.63) is 6.20 Å². The van der Waals surface area contributed by atoms with Crippen LogP contribution in [0.25, 0.3) is 0 Å². The van der Waals surface area contributed by atoms with Crippen LogP contribution in [0.1, 0.15) is 78.6 Å². The molecule has 1 aromatic rings. The van der Waals surface area contributed by atoms with E-state index >= 15 is 0 Å². The number of anilines is 1. The lowest BCUT2D eigenvalue weighted by Gasteiger charge is -2.42. The molecule has 0 saturated heterocycles. The summed E-state index contributed by atoms with van der Waals surface area (Å²) in [5, 5.41) is 3.91. The van der Waals surface area contributed by atoms with Crippen molar-refractivity contribution in [3.63, 3.8) is 0 Å². The molecule has 0 unspecified atom stereocenters. The molecule has 1 aromatic heterocycles. The first-order chi connectivity index (χ1) is 14.6. The zero-order chi connectivity index (χ0) is 21.3. The predicted octanol–water partition coefficient (Wildman–Crippen LogP) is 6.32. The zero-order valence-corrected chi connectivity index (χ0v) is 20.7. The highest BCUT2D eigenvalue weighted by Crippen LogP contribution is 2.34. The summed E-state index contributed by atoms with van der Waals surface area (Å²) < 4.78 is 1.19. The Labute approximate surface area is 191 Å². The van der Waals surface area contributed by atoms with Crippen LogP contribution < -0.4 is 5.32 Å². The first-order valence-corrected chi connectivity index (χ1v) is 13.8. The van der Waals surface area contributed by atoms with Crippen molar-refractivity contribution in [2.24, 2.45) is 5.92 Å². The average molecular weight is 453 g/mol. The summed E-state index contributed by atoms with van der Waals surface area (Å²) >= 11 is 3.46. The molecule has 0 radical (unpaired) electrons. The molecule has 2 amide bonds. The van der Waals surface area contributed by atoms with Gasteiger partial charge in [-0.3, -0.25) is 5.32 Å². The molecule has 0 spiro atoms. The van der Waals surface area contributed by atoms with Crippen LogP contribution in [0.4, 0.5) is 9.93 Å². The molecule has 7 heteroatoms. The highest BCUT2D eigenvalue weighted by molar-refractivity contribution is 8.01. The molecule has 2 aliphatic carbocycles. The number of nitrogens with one attached hydrogen (secondary N) is 1. The molecule has 170 valence electrons. The van der Waals surface area contributed by atoms with Crippen LogP contribution in [0.5, 0.6) is 0 Å². The van der Waals surface area contributed by atoms with Crippen molar-refractivity contribution in [3.8, 4) is 0 Å². The van der Waals surface area contributed by atoms with E-state index in [1.165, 1.54) is 36.3 Å². The maximum absolute atomic E-state index is 13.4. The van der Waals surface area contributed by atoms with Crippen LogP contribution >= 0.6 is 23.1 Å². The first kappa shape index (κ1) is 23.9. The molecule has 2 saturated carbocycles. The highest BCUT2D eigenvalue weighted by atomic mass is 32.2. The van der Waals surface area contributed by atoms with Crippen molar-refractivity contribution in [2.75, 3.05) is 30.7 Å². The Bertz CT molecular complexity index is 635. The maximum Gasteiger partial charge on any atom is 0.324 e. The molecule has 5 nitrogen and oxygen atoms in total. The number of aromatic nitrogens is 1. The highest BCUT2D eigenvalue weighted by Gasteiger charge is 2.34. The minimum atomic E-state index is 0.0792. The number of thioether (sulfide) groups is 1. The van der Waals surface area contributed by atoms with E-state index in [0.29, 0.717) is 12.1 Å². The third-order valence-electron chi connectivity index (χ3n) is 6.83. The van der Waals surface area contributed by atoms with Gasteiger partial charge in [0.1, 0.15) is 0 Å². The molecular weight excluding hydrogens is 412 g/mol. The Balaban J connectivity index is 1.57. The van der Waals surface area contributed by atoms with Crippen LogP contribution in [0, 0.1) is 5.92 Å². The quantitative estimate of drug-likeness (QED) is 0.445. The molecule has 0 bridgehead atoms. The monoisotopic (exact) mass is 452 g/mol. The molecule has 3 rings (SSSR count). The summed E-state index contributed by atoms with van der Waals surface area (Å²) in [7, 11) is 0. The van der Waals surface area contributed by atoms with E-state index in [-0.39, 0.29) is 6.03 Å². The van der Waals surface area contributed by atoms with Gasteiger partial charge in [-0.25, -0.2) is 9.78 Å². The van der Waals surface area contributed by atoms with Crippen molar-refractivity contribution in [1.82, 2.24) is 14.8 Å². The van der Waals surface area contributed by atoms with Gasteiger partial charge < -0.3 is 9.80 Å². The summed E-state index contributed by atoms with van der Waals surface area (Å²) in [5.74, 6) is 1.86. The largest absolute Gasteiger partial charge is 0.324 e. The number of thiazole rings is 1. The van der Waals surface area contributed by atoms with Gasteiger partial charge in [0.05, 0.1) is 10.4 Å². The minimum Gasteiger partial charge on any atom is -0.319 e. The fraction of sp³-hybridized carbons (Fsp3) is 0.826. The number of hydrogen-bond donors (Lipinski definition) is 1. The van der Waals surface area contributed by atoms with Gasteiger partial charge in [-0.05, 0) is 57.5 Å². The summed E-state index contributed by atoms with van der Waals surface area (Å²) in [4.78, 5) is 22.5. The van der Waals surface area contributed by atoms with Gasteiger partial charge in [0.15, 0.2) is 5.13 Å². The smallest absolute Gasteiger partial charge is 0.319 e. The molecular formula is C23H40N4OS2. The first-order valence-electron chi connectivity index (χ1n) is 12.0. The summed E-state index contributed by atoms with van der Waals surface area (Å²) in [6, 6.07) is 0.878. The Morgan fingerprint density at radius 1 is 1.10 bits per heavy atom. The van der Waals surface area contributed by atoms with Gasteiger partial charge in [0.25, 0.3) is 0 Å². The molecule has 0 aromatic carbocycles. The van der Waals surface area contributed by atoms with Crippen LogP contribution in [0.3, 0.4) is 0 Å². The van der Waals surface area contributed by atoms with Gasteiger partial charge in [0, 0.05) is 24.4 Å². The number of urea groups is 1. The lowest BCUT2D eigenvalue weighted by molar-refractivity contribution is 0.105. The van der Waals surface area contributed by atoms with Crippen LogP contribution in [0.2, 0.25) is 0 Å². The number of amides is 2. The normalized spacial score (nSPS) is 22.9. The van der Waals surface area contributed by atoms with Crippen molar-refractivity contribution in [2.45, 2.75) is 94.9 Å². The van der Waals surface area contributed by atoms with Crippen molar-refractivity contribution in [1.29, 1.82) is 0 Å². The van der Waals surface area contributed by atoms with E-state index in [4.69, 9.17) is 0 Å². The third kappa shape index (κ3) is 6.86. The minimum absolute atomic E-state index is 0.0792.